The van der Waals surface area contributed by atoms with Crippen molar-refractivity contribution < 1.29 is 4.42 Å². The van der Waals surface area contributed by atoms with Gasteiger partial charge in [-0.1, -0.05) is 13.8 Å². The number of nitrogens with two attached hydrogens (primary N) is 1. The lowest BCUT2D eigenvalue weighted by atomic mass is 9.89. The largest absolute Gasteiger partial charge is 0.469 e. The van der Waals surface area contributed by atoms with Crippen LogP contribution in [0.1, 0.15) is 38.5 Å². The minimum absolute atomic E-state index is 0.0534. The highest BCUT2D eigenvalue weighted by atomic mass is 16.3. The summed E-state index contributed by atoms with van der Waals surface area (Å²) >= 11 is 0. The first-order chi connectivity index (χ1) is 7.89. The molecule has 0 aliphatic heterocycles. The molecule has 2 N–H and O–H groups in total. The van der Waals surface area contributed by atoms with Crippen molar-refractivity contribution >= 4 is 0 Å². The van der Waals surface area contributed by atoms with Crippen LogP contribution in [0, 0.1) is 12.8 Å². The van der Waals surface area contributed by atoms with Crippen molar-refractivity contribution in [1.82, 2.24) is 4.90 Å². The second-order valence-electron chi connectivity index (χ2n) is 5.66. The SMILES string of the molecule is Cc1occc1CN(C)C(C)(CN)CC(C)C. The zero-order chi connectivity index (χ0) is 13.1. The topological polar surface area (TPSA) is 42.4 Å². The van der Waals surface area contributed by atoms with Crippen LogP contribution in [0.3, 0.4) is 0 Å². The Hall–Kier alpha value is -0.800. The van der Waals surface area contributed by atoms with Crippen LogP contribution >= 0.6 is 0 Å². The van der Waals surface area contributed by atoms with Gasteiger partial charge >= 0.3 is 0 Å². The van der Waals surface area contributed by atoms with E-state index in [0.717, 1.165) is 18.7 Å². The van der Waals surface area contributed by atoms with Crippen LogP contribution in [0.5, 0.6) is 0 Å². The van der Waals surface area contributed by atoms with Crippen molar-refractivity contribution in [3.63, 3.8) is 0 Å². The van der Waals surface area contributed by atoms with Crippen LogP contribution in [0.2, 0.25) is 0 Å². The van der Waals surface area contributed by atoms with Gasteiger partial charge in [0.1, 0.15) is 5.76 Å². The predicted molar refractivity (Wildman–Crippen MR) is 71.8 cm³/mol. The zero-order valence-electron chi connectivity index (χ0n) is 11.8. The first-order valence-corrected chi connectivity index (χ1v) is 6.33. The van der Waals surface area contributed by atoms with Gasteiger partial charge in [0.2, 0.25) is 0 Å². The molecule has 0 spiro atoms. The zero-order valence-corrected chi connectivity index (χ0v) is 11.8. The number of nitrogens with zero attached hydrogens (tertiary/aromatic N) is 1. The molecule has 1 aromatic heterocycles. The molecule has 17 heavy (non-hydrogen) atoms. The normalized spacial score (nSPS) is 15.5. The van der Waals surface area contributed by atoms with E-state index in [1.165, 1.54) is 5.56 Å². The highest BCUT2D eigenvalue weighted by Gasteiger charge is 2.29. The van der Waals surface area contributed by atoms with Crippen molar-refractivity contribution in [2.45, 2.75) is 46.2 Å². The molecule has 1 aromatic rings. The number of likely N-dealkylation sites (N-methyl/N-ethyl adjacent to an activating group) is 1. The predicted octanol–water partition coefficient (Wildman–Crippen LogP) is 2.78. The lowest BCUT2D eigenvalue weighted by Gasteiger charge is -2.39. The Kier molecular flexibility index (Phi) is 4.78. The number of furan rings is 1. The Labute approximate surface area is 105 Å². The summed E-state index contributed by atoms with van der Waals surface area (Å²) in [5.74, 6) is 1.65. The molecule has 0 saturated heterocycles. The minimum Gasteiger partial charge on any atom is -0.469 e. The molecule has 0 fully saturated rings. The third-order valence-corrected chi connectivity index (χ3v) is 3.58. The van der Waals surface area contributed by atoms with E-state index in [1.807, 2.05) is 13.0 Å². The number of hydrogen-bond donors (Lipinski definition) is 1. The maximum Gasteiger partial charge on any atom is 0.105 e. The standard InChI is InChI=1S/C14H26N2O/c1-11(2)8-14(4,10-15)16(5)9-13-6-7-17-12(13)3/h6-7,11H,8-10,15H2,1-5H3. The fourth-order valence-electron chi connectivity index (χ4n) is 2.30. The highest BCUT2D eigenvalue weighted by Crippen LogP contribution is 2.24. The van der Waals surface area contributed by atoms with Gasteiger partial charge in [-0.15, -0.1) is 0 Å². The molecule has 0 aromatic carbocycles. The molecule has 1 heterocycles. The Morgan fingerprint density at radius 3 is 2.53 bits per heavy atom. The quantitative estimate of drug-likeness (QED) is 0.828. The fraction of sp³-hybridized carbons (Fsp3) is 0.714. The summed E-state index contributed by atoms with van der Waals surface area (Å²) in [4.78, 5) is 2.34. The Bertz CT molecular complexity index is 346. The molecule has 0 radical (unpaired) electrons. The average molecular weight is 238 g/mol. The van der Waals surface area contributed by atoms with Crippen molar-refractivity contribution in [2.24, 2.45) is 11.7 Å². The van der Waals surface area contributed by atoms with Crippen LogP contribution in [0.25, 0.3) is 0 Å². The second-order valence-corrected chi connectivity index (χ2v) is 5.66. The van der Waals surface area contributed by atoms with E-state index < -0.39 is 0 Å². The van der Waals surface area contributed by atoms with Gasteiger partial charge in [0.25, 0.3) is 0 Å². The highest BCUT2D eigenvalue weighted by molar-refractivity contribution is 5.15. The van der Waals surface area contributed by atoms with Crippen molar-refractivity contribution in [1.29, 1.82) is 0 Å². The van der Waals surface area contributed by atoms with Crippen molar-refractivity contribution in [3.05, 3.63) is 23.7 Å². The van der Waals surface area contributed by atoms with E-state index in [0.29, 0.717) is 12.5 Å². The molecule has 3 heteroatoms. The smallest absolute Gasteiger partial charge is 0.105 e. The molecular formula is C14H26N2O. The van der Waals surface area contributed by atoms with Gasteiger partial charge < -0.3 is 10.2 Å². The van der Waals surface area contributed by atoms with E-state index in [9.17, 15) is 0 Å². The fourth-order valence-corrected chi connectivity index (χ4v) is 2.30. The summed E-state index contributed by atoms with van der Waals surface area (Å²) in [6.45, 7) is 10.3. The number of rotatable bonds is 6. The third kappa shape index (κ3) is 3.58. The van der Waals surface area contributed by atoms with Crippen LogP contribution in [0.15, 0.2) is 16.7 Å². The van der Waals surface area contributed by atoms with Gasteiger partial charge in [0, 0.05) is 24.2 Å². The van der Waals surface area contributed by atoms with Gasteiger partial charge in [0.15, 0.2) is 0 Å². The molecule has 98 valence electrons. The molecule has 0 bridgehead atoms. The Morgan fingerprint density at radius 1 is 1.47 bits per heavy atom. The number of hydrogen-bond acceptors (Lipinski definition) is 3. The lowest BCUT2D eigenvalue weighted by molar-refractivity contribution is 0.111. The van der Waals surface area contributed by atoms with Gasteiger partial charge in [-0.05, 0) is 39.3 Å². The van der Waals surface area contributed by atoms with E-state index in [4.69, 9.17) is 10.2 Å². The first kappa shape index (κ1) is 14.3. The summed E-state index contributed by atoms with van der Waals surface area (Å²) in [7, 11) is 2.14. The second kappa shape index (κ2) is 5.69. The molecular weight excluding hydrogens is 212 g/mol. The molecule has 0 aliphatic rings. The molecule has 0 amide bonds. The van der Waals surface area contributed by atoms with Gasteiger partial charge in [0.05, 0.1) is 6.26 Å². The maximum atomic E-state index is 5.96. The van der Waals surface area contributed by atoms with E-state index in [2.05, 4.69) is 32.7 Å². The molecule has 0 aliphatic carbocycles. The monoisotopic (exact) mass is 238 g/mol. The molecule has 1 unspecified atom stereocenters. The molecule has 1 rings (SSSR count). The Morgan fingerprint density at radius 2 is 2.12 bits per heavy atom. The summed E-state index contributed by atoms with van der Waals surface area (Å²) in [5, 5.41) is 0. The summed E-state index contributed by atoms with van der Waals surface area (Å²) in [5.41, 5.74) is 7.26. The van der Waals surface area contributed by atoms with E-state index in [1.54, 1.807) is 6.26 Å². The van der Waals surface area contributed by atoms with E-state index >= 15 is 0 Å². The third-order valence-electron chi connectivity index (χ3n) is 3.58. The van der Waals surface area contributed by atoms with Crippen molar-refractivity contribution in [2.75, 3.05) is 13.6 Å². The first-order valence-electron chi connectivity index (χ1n) is 6.33. The summed E-state index contributed by atoms with van der Waals surface area (Å²) in [6.07, 6.45) is 2.86. The van der Waals surface area contributed by atoms with Gasteiger partial charge in [-0.3, -0.25) is 4.90 Å². The average Bonchev–Trinajstić information content (AvgIpc) is 2.63. The van der Waals surface area contributed by atoms with Gasteiger partial charge in [-0.25, -0.2) is 0 Å². The lowest BCUT2D eigenvalue weighted by Crippen LogP contribution is -2.50. The number of aryl methyl sites for hydroxylation is 1. The maximum absolute atomic E-state index is 5.96. The molecule has 3 nitrogen and oxygen atoms in total. The van der Waals surface area contributed by atoms with Gasteiger partial charge in [-0.2, -0.15) is 0 Å². The summed E-state index contributed by atoms with van der Waals surface area (Å²) < 4.78 is 5.33. The minimum atomic E-state index is 0.0534. The Balaban J connectivity index is 2.73. The van der Waals surface area contributed by atoms with Crippen LogP contribution in [0.4, 0.5) is 0 Å². The van der Waals surface area contributed by atoms with Crippen LogP contribution < -0.4 is 5.73 Å². The van der Waals surface area contributed by atoms with E-state index in [-0.39, 0.29) is 5.54 Å². The van der Waals surface area contributed by atoms with Crippen LogP contribution in [-0.2, 0) is 6.54 Å². The van der Waals surface area contributed by atoms with Crippen LogP contribution in [-0.4, -0.2) is 24.0 Å². The molecule has 1 atom stereocenters. The summed E-state index contributed by atoms with van der Waals surface area (Å²) in [6, 6.07) is 2.04. The van der Waals surface area contributed by atoms with Crippen molar-refractivity contribution in [3.8, 4) is 0 Å². The molecule has 0 saturated carbocycles.